The smallest absolute Gasteiger partial charge is 0.114 e. The SMILES string of the molecule is CCCCCCCCCCC/C=C/CCO[C@H](CO)[C@@H]1OC[C@H](O)[C@@H]1O. The van der Waals surface area contributed by atoms with Gasteiger partial charge in [0.25, 0.3) is 0 Å². The van der Waals surface area contributed by atoms with Crippen LogP contribution in [-0.4, -0.2) is 59.6 Å². The molecule has 0 aliphatic carbocycles. The fourth-order valence-corrected chi connectivity index (χ4v) is 3.30. The van der Waals surface area contributed by atoms with Gasteiger partial charge in [-0.3, -0.25) is 0 Å². The second-order valence-corrected chi connectivity index (χ2v) is 7.32. The molecule has 0 amide bonds. The van der Waals surface area contributed by atoms with Gasteiger partial charge in [-0.2, -0.15) is 0 Å². The van der Waals surface area contributed by atoms with Crippen LogP contribution in [0.3, 0.4) is 0 Å². The molecule has 0 radical (unpaired) electrons. The minimum absolute atomic E-state index is 0.0876. The average Bonchev–Trinajstić information content (AvgIpc) is 2.98. The van der Waals surface area contributed by atoms with Gasteiger partial charge in [-0.25, -0.2) is 0 Å². The molecule has 0 spiro atoms. The summed E-state index contributed by atoms with van der Waals surface area (Å²) in [5.74, 6) is 0. The molecule has 5 heteroatoms. The maximum Gasteiger partial charge on any atom is 0.114 e. The van der Waals surface area contributed by atoms with Crippen LogP contribution in [0.5, 0.6) is 0 Å². The van der Waals surface area contributed by atoms with Gasteiger partial charge in [0.15, 0.2) is 0 Å². The van der Waals surface area contributed by atoms with E-state index in [1.54, 1.807) is 0 Å². The zero-order chi connectivity index (χ0) is 19.0. The van der Waals surface area contributed by atoms with Crippen LogP contribution in [0.1, 0.15) is 77.6 Å². The van der Waals surface area contributed by atoms with Gasteiger partial charge in [0, 0.05) is 0 Å². The summed E-state index contributed by atoms with van der Waals surface area (Å²) in [6.07, 6.45) is 15.2. The van der Waals surface area contributed by atoms with Crippen molar-refractivity contribution in [1.29, 1.82) is 0 Å². The van der Waals surface area contributed by atoms with Crippen LogP contribution in [0.4, 0.5) is 0 Å². The van der Waals surface area contributed by atoms with Gasteiger partial charge < -0.3 is 24.8 Å². The number of unbranched alkanes of at least 4 members (excludes halogenated alkanes) is 9. The molecule has 1 rings (SSSR count). The van der Waals surface area contributed by atoms with Gasteiger partial charge >= 0.3 is 0 Å². The highest BCUT2D eigenvalue weighted by atomic mass is 16.6. The molecule has 26 heavy (non-hydrogen) atoms. The van der Waals surface area contributed by atoms with Crippen LogP contribution in [0.2, 0.25) is 0 Å². The summed E-state index contributed by atoms with van der Waals surface area (Å²) in [6.45, 7) is 2.59. The number of allylic oxidation sites excluding steroid dienone is 1. The average molecular weight is 373 g/mol. The molecule has 5 nitrogen and oxygen atoms in total. The highest BCUT2D eigenvalue weighted by Gasteiger charge is 2.40. The first-order valence-corrected chi connectivity index (χ1v) is 10.6. The van der Waals surface area contributed by atoms with E-state index >= 15 is 0 Å². The Labute approximate surface area is 159 Å². The van der Waals surface area contributed by atoms with E-state index in [0.29, 0.717) is 6.61 Å². The predicted octanol–water partition coefficient (Wildman–Crippen LogP) is 3.35. The van der Waals surface area contributed by atoms with Crippen molar-refractivity contribution >= 4 is 0 Å². The van der Waals surface area contributed by atoms with Crippen LogP contribution >= 0.6 is 0 Å². The number of hydrogen-bond acceptors (Lipinski definition) is 5. The summed E-state index contributed by atoms with van der Waals surface area (Å²) in [5.41, 5.74) is 0. The second kappa shape index (κ2) is 15.6. The van der Waals surface area contributed by atoms with E-state index < -0.39 is 24.4 Å². The van der Waals surface area contributed by atoms with Crippen molar-refractivity contribution in [2.45, 2.75) is 102 Å². The van der Waals surface area contributed by atoms with Gasteiger partial charge in [-0.05, 0) is 19.3 Å². The van der Waals surface area contributed by atoms with Crippen LogP contribution in [-0.2, 0) is 9.47 Å². The fourth-order valence-electron chi connectivity index (χ4n) is 3.30. The van der Waals surface area contributed by atoms with E-state index in [1.165, 1.54) is 57.8 Å². The van der Waals surface area contributed by atoms with Gasteiger partial charge in [-0.15, -0.1) is 0 Å². The van der Waals surface area contributed by atoms with Crippen molar-refractivity contribution in [2.75, 3.05) is 19.8 Å². The van der Waals surface area contributed by atoms with Gasteiger partial charge in [0.05, 0.1) is 19.8 Å². The molecule has 1 aliphatic heterocycles. The Bertz CT molecular complexity index is 347. The third-order valence-corrected chi connectivity index (χ3v) is 4.99. The van der Waals surface area contributed by atoms with Crippen LogP contribution in [0, 0.1) is 0 Å². The summed E-state index contributed by atoms with van der Waals surface area (Å²) in [4.78, 5) is 0. The quantitative estimate of drug-likeness (QED) is 0.286. The molecule has 0 unspecified atom stereocenters. The number of hydrogen-bond donors (Lipinski definition) is 3. The lowest BCUT2D eigenvalue weighted by Crippen LogP contribution is -2.42. The van der Waals surface area contributed by atoms with Crippen molar-refractivity contribution in [2.24, 2.45) is 0 Å². The van der Waals surface area contributed by atoms with E-state index in [9.17, 15) is 15.3 Å². The Hall–Kier alpha value is -0.460. The van der Waals surface area contributed by atoms with Crippen LogP contribution in [0.25, 0.3) is 0 Å². The highest BCUT2D eigenvalue weighted by Crippen LogP contribution is 2.19. The van der Waals surface area contributed by atoms with Gasteiger partial charge in [-0.1, -0.05) is 70.4 Å². The molecule has 154 valence electrons. The Morgan fingerprint density at radius 2 is 1.58 bits per heavy atom. The Morgan fingerprint density at radius 1 is 0.962 bits per heavy atom. The number of aliphatic hydroxyl groups is 3. The summed E-state index contributed by atoms with van der Waals surface area (Å²) in [7, 11) is 0. The zero-order valence-corrected chi connectivity index (χ0v) is 16.5. The molecular weight excluding hydrogens is 332 g/mol. The lowest BCUT2D eigenvalue weighted by atomic mass is 10.1. The summed E-state index contributed by atoms with van der Waals surface area (Å²) in [6, 6.07) is 0. The fraction of sp³-hybridized carbons (Fsp3) is 0.905. The van der Waals surface area contributed by atoms with Crippen molar-refractivity contribution in [3.63, 3.8) is 0 Å². The van der Waals surface area contributed by atoms with Crippen LogP contribution < -0.4 is 0 Å². The predicted molar refractivity (Wildman–Crippen MR) is 104 cm³/mol. The Morgan fingerprint density at radius 3 is 2.15 bits per heavy atom. The Kier molecular flexibility index (Phi) is 14.1. The largest absolute Gasteiger partial charge is 0.394 e. The van der Waals surface area contributed by atoms with Crippen LogP contribution in [0.15, 0.2) is 12.2 Å². The van der Waals surface area contributed by atoms with E-state index in [0.717, 1.165) is 12.8 Å². The topological polar surface area (TPSA) is 79.2 Å². The molecule has 0 aromatic heterocycles. The van der Waals surface area contributed by atoms with E-state index in [-0.39, 0.29) is 13.2 Å². The van der Waals surface area contributed by atoms with Crippen molar-refractivity contribution in [1.82, 2.24) is 0 Å². The first kappa shape index (κ1) is 23.6. The first-order valence-electron chi connectivity index (χ1n) is 10.6. The van der Waals surface area contributed by atoms with Gasteiger partial charge in [0.1, 0.15) is 24.4 Å². The molecule has 1 fully saturated rings. The highest BCUT2D eigenvalue weighted by molar-refractivity contribution is 4.89. The molecule has 1 heterocycles. The minimum atomic E-state index is -0.991. The molecule has 0 aromatic rings. The summed E-state index contributed by atoms with van der Waals surface area (Å²) in [5, 5.41) is 28.7. The molecule has 0 bridgehead atoms. The molecule has 4 atom stereocenters. The lowest BCUT2D eigenvalue weighted by molar-refractivity contribution is -0.0996. The monoisotopic (exact) mass is 372 g/mol. The third-order valence-electron chi connectivity index (χ3n) is 4.99. The number of rotatable bonds is 16. The lowest BCUT2D eigenvalue weighted by Gasteiger charge is -2.24. The molecule has 3 N–H and O–H groups in total. The zero-order valence-electron chi connectivity index (χ0n) is 16.5. The van der Waals surface area contributed by atoms with Crippen molar-refractivity contribution in [3.05, 3.63) is 12.2 Å². The molecule has 1 aliphatic rings. The van der Waals surface area contributed by atoms with Crippen molar-refractivity contribution < 1.29 is 24.8 Å². The standard InChI is InChI=1S/C21H40O5/c1-2-3-4-5-6-7-8-9-10-11-12-13-14-15-25-19(16-22)21-20(24)18(23)17-26-21/h12-13,18-24H,2-11,14-17H2,1H3/b13-12+/t18-,19+,20-,21-/m0/s1. The first-order chi connectivity index (χ1) is 12.7. The second-order valence-electron chi connectivity index (χ2n) is 7.32. The maximum absolute atomic E-state index is 9.79. The van der Waals surface area contributed by atoms with E-state index in [4.69, 9.17) is 9.47 Å². The van der Waals surface area contributed by atoms with Crippen molar-refractivity contribution in [3.8, 4) is 0 Å². The molecule has 1 saturated heterocycles. The summed E-state index contributed by atoms with van der Waals surface area (Å²) >= 11 is 0. The summed E-state index contributed by atoms with van der Waals surface area (Å²) < 4.78 is 10.9. The third kappa shape index (κ3) is 10.0. The van der Waals surface area contributed by atoms with E-state index in [2.05, 4.69) is 19.1 Å². The maximum atomic E-state index is 9.79. The normalized spacial score (nSPS) is 24.5. The molecular formula is C21H40O5. The number of ether oxygens (including phenoxy) is 2. The van der Waals surface area contributed by atoms with E-state index in [1.807, 2.05) is 0 Å². The molecule has 0 saturated carbocycles. The molecule has 0 aromatic carbocycles. The minimum Gasteiger partial charge on any atom is -0.394 e. The Balaban J connectivity index is 1.94. The number of aliphatic hydroxyl groups excluding tert-OH is 3. The van der Waals surface area contributed by atoms with Gasteiger partial charge in [0.2, 0.25) is 0 Å².